The highest BCUT2D eigenvalue weighted by Crippen LogP contribution is 2.30. The highest BCUT2D eigenvalue weighted by molar-refractivity contribution is 7.91. The Balaban J connectivity index is 1.45. The van der Waals surface area contributed by atoms with Gasteiger partial charge in [-0.1, -0.05) is 41.6 Å². The number of benzene rings is 2. The van der Waals surface area contributed by atoms with Crippen molar-refractivity contribution in [2.45, 2.75) is 23.2 Å². The number of aromatic nitrogens is 3. The summed E-state index contributed by atoms with van der Waals surface area (Å²) in [7, 11) is -3.82. The number of hydrogen-bond donors (Lipinski definition) is 3. The number of carbonyl (C=O) groups is 1. The maximum Gasteiger partial charge on any atom is 0.328 e. The van der Waals surface area contributed by atoms with Gasteiger partial charge in [-0.05, 0) is 35.4 Å². The number of nitrogens with one attached hydrogen (secondary N) is 1. The van der Waals surface area contributed by atoms with E-state index in [1.807, 2.05) is 30.3 Å². The number of hydrogen-bond acceptors (Lipinski definition) is 7. The molecule has 2 heterocycles. The molecule has 34 heavy (non-hydrogen) atoms. The normalized spacial score (nSPS) is 12.5. The Labute approximate surface area is 198 Å². The Kier molecular flexibility index (Phi) is 6.72. The summed E-state index contributed by atoms with van der Waals surface area (Å²) in [6.07, 6.45) is 1.21. The van der Waals surface area contributed by atoms with Crippen molar-refractivity contribution in [1.29, 1.82) is 0 Å². The molecule has 4 rings (SSSR count). The van der Waals surface area contributed by atoms with Gasteiger partial charge in [-0.2, -0.15) is 0 Å². The van der Waals surface area contributed by atoms with Crippen molar-refractivity contribution < 1.29 is 27.8 Å². The number of phenolic OH excluding ortho intramolecular Hbond substituents is 1. The lowest BCUT2D eigenvalue weighted by atomic mass is 10.1. The fraction of sp³-hybridized carbons (Fsp3) is 0.136. The number of nitrogens with zero attached hydrogens (tertiary/aromatic N) is 3. The summed E-state index contributed by atoms with van der Waals surface area (Å²) in [6, 6.07) is 15.0. The number of halogens is 1. The van der Waals surface area contributed by atoms with E-state index in [1.165, 1.54) is 18.3 Å². The van der Waals surface area contributed by atoms with E-state index in [0.29, 0.717) is 5.56 Å². The molecule has 0 spiro atoms. The van der Waals surface area contributed by atoms with E-state index in [0.717, 1.165) is 38.6 Å². The Morgan fingerprint density at radius 1 is 1.15 bits per heavy atom. The highest BCUT2D eigenvalue weighted by Gasteiger charge is 2.23. The zero-order valence-corrected chi connectivity index (χ0v) is 19.1. The second-order valence-corrected chi connectivity index (χ2v) is 10.4. The fourth-order valence-electron chi connectivity index (χ4n) is 3.20. The van der Waals surface area contributed by atoms with Crippen molar-refractivity contribution in [2.24, 2.45) is 0 Å². The quantitative estimate of drug-likeness (QED) is 0.320. The van der Waals surface area contributed by atoms with Gasteiger partial charge >= 0.3 is 5.97 Å². The average molecular weight is 503 g/mol. The first-order valence-corrected chi connectivity index (χ1v) is 12.3. The minimum Gasteiger partial charge on any atom is -0.505 e. The van der Waals surface area contributed by atoms with Gasteiger partial charge in [-0.25, -0.2) is 27.0 Å². The van der Waals surface area contributed by atoms with E-state index < -0.39 is 33.6 Å². The summed E-state index contributed by atoms with van der Waals surface area (Å²) in [5.41, 5.74) is 1.46. The summed E-state index contributed by atoms with van der Waals surface area (Å²) in [4.78, 5) is 12.6. The number of phenols is 1. The van der Waals surface area contributed by atoms with Crippen LogP contribution in [-0.4, -0.2) is 39.6 Å². The molecule has 0 fully saturated rings. The summed E-state index contributed by atoms with van der Waals surface area (Å²) in [5.74, 6) is -2.62. The molecule has 2 aromatic carbocycles. The Morgan fingerprint density at radius 3 is 2.62 bits per heavy atom. The Hall–Kier alpha value is -3.61. The standard InChI is InChI=1S/C22H19FN4O5S2/c23-17-10-14(6-7-19(17)28)11-18(22(29)30)27-13-16(25-26-27)12-24-34(31,32)21-9-8-20(33-21)15-4-2-1-3-5-15/h1-10,13,18,24,28H,11-12H2,(H,29,30)/t18-/m0/s1. The molecule has 0 unspecified atom stereocenters. The molecule has 0 saturated carbocycles. The molecular formula is C22H19FN4O5S2. The fourth-order valence-corrected chi connectivity index (χ4v) is 5.56. The number of carboxylic acid groups (broad SMARTS) is 1. The third kappa shape index (κ3) is 5.30. The predicted molar refractivity (Wildman–Crippen MR) is 122 cm³/mol. The minimum absolute atomic E-state index is 0.113. The Morgan fingerprint density at radius 2 is 1.91 bits per heavy atom. The van der Waals surface area contributed by atoms with Crippen LogP contribution in [0.4, 0.5) is 4.39 Å². The van der Waals surface area contributed by atoms with Crippen LogP contribution in [0.2, 0.25) is 0 Å². The Bertz CT molecular complexity index is 1420. The van der Waals surface area contributed by atoms with E-state index in [4.69, 9.17) is 0 Å². The third-order valence-electron chi connectivity index (χ3n) is 4.95. The van der Waals surface area contributed by atoms with Crippen LogP contribution < -0.4 is 4.72 Å². The minimum atomic E-state index is -3.82. The van der Waals surface area contributed by atoms with Crippen LogP contribution in [0.5, 0.6) is 5.75 Å². The van der Waals surface area contributed by atoms with Crippen LogP contribution in [0.25, 0.3) is 10.4 Å². The van der Waals surface area contributed by atoms with E-state index in [-0.39, 0.29) is 22.9 Å². The van der Waals surface area contributed by atoms with Crippen LogP contribution in [-0.2, 0) is 27.8 Å². The maximum absolute atomic E-state index is 13.6. The molecule has 0 saturated heterocycles. The SMILES string of the molecule is O=C(O)[C@H](Cc1ccc(O)c(F)c1)n1cc(CNS(=O)(=O)c2ccc(-c3ccccc3)s2)nn1. The molecule has 0 radical (unpaired) electrons. The number of rotatable bonds is 9. The van der Waals surface area contributed by atoms with Crippen molar-refractivity contribution in [2.75, 3.05) is 0 Å². The van der Waals surface area contributed by atoms with Gasteiger partial charge in [0.1, 0.15) is 4.21 Å². The molecule has 1 atom stereocenters. The van der Waals surface area contributed by atoms with Gasteiger partial charge in [-0.3, -0.25) is 0 Å². The zero-order valence-electron chi connectivity index (χ0n) is 17.5. The van der Waals surface area contributed by atoms with Crippen molar-refractivity contribution in [3.8, 4) is 16.2 Å². The summed E-state index contributed by atoms with van der Waals surface area (Å²) in [5, 5.41) is 26.5. The van der Waals surface area contributed by atoms with E-state index in [2.05, 4.69) is 15.0 Å². The molecule has 0 bridgehead atoms. The molecule has 0 amide bonds. The van der Waals surface area contributed by atoms with Gasteiger partial charge < -0.3 is 10.2 Å². The van der Waals surface area contributed by atoms with Gasteiger partial charge in [0.15, 0.2) is 17.6 Å². The summed E-state index contributed by atoms with van der Waals surface area (Å²) < 4.78 is 42.6. The smallest absolute Gasteiger partial charge is 0.328 e. The van der Waals surface area contributed by atoms with Crippen LogP contribution in [0.15, 0.2) is 71.1 Å². The van der Waals surface area contributed by atoms with Crippen LogP contribution >= 0.6 is 11.3 Å². The van der Waals surface area contributed by atoms with Gasteiger partial charge in [-0.15, -0.1) is 16.4 Å². The first-order valence-electron chi connectivity index (χ1n) is 9.99. The van der Waals surface area contributed by atoms with Crippen LogP contribution in [0.3, 0.4) is 0 Å². The monoisotopic (exact) mass is 502 g/mol. The van der Waals surface area contributed by atoms with Gasteiger partial charge in [0.25, 0.3) is 0 Å². The molecule has 4 aromatic rings. The number of thiophene rings is 1. The number of carboxylic acids is 1. The topological polar surface area (TPSA) is 134 Å². The lowest BCUT2D eigenvalue weighted by Gasteiger charge is -2.12. The molecule has 176 valence electrons. The summed E-state index contributed by atoms with van der Waals surface area (Å²) >= 11 is 1.13. The van der Waals surface area contributed by atoms with Crippen molar-refractivity contribution in [3.05, 3.63) is 83.9 Å². The van der Waals surface area contributed by atoms with Crippen LogP contribution in [0, 0.1) is 5.82 Å². The van der Waals surface area contributed by atoms with Crippen LogP contribution in [0.1, 0.15) is 17.3 Å². The van der Waals surface area contributed by atoms with Crippen molar-refractivity contribution >= 4 is 27.3 Å². The van der Waals surface area contributed by atoms with Crippen molar-refractivity contribution in [3.63, 3.8) is 0 Å². The number of sulfonamides is 1. The molecule has 9 nitrogen and oxygen atoms in total. The van der Waals surface area contributed by atoms with E-state index in [9.17, 15) is 27.8 Å². The number of aromatic hydroxyl groups is 1. The van der Waals surface area contributed by atoms with E-state index >= 15 is 0 Å². The second-order valence-electron chi connectivity index (χ2n) is 7.34. The molecule has 0 aliphatic carbocycles. The third-order valence-corrected chi connectivity index (χ3v) is 7.98. The lowest BCUT2D eigenvalue weighted by molar-refractivity contribution is -0.141. The highest BCUT2D eigenvalue weighted by atomic mass is 32.2. The van der Waals surface area contributed by atoms with E-state index in [1.54, 1.807) is 6.07 Å². The zero-order chi connectivity index (χ0) is 24.3. The molecule has 3 N–H and O–H groups in total. The number of aliphatic carboxylic acids is 1. The lowest BCUT2D eigenvalue weighted by Crippen LogP contribution is -2.23. The second kappa shape index (κ2) is 9.71. The average Bonchev–Trinajstić information content (AvgIpc) is 3.49. The molecule has 0 aliphatic rings. The van der Waals surface area contributed by atoms with Gasteiger partial charge in [0, 0.05) is 11.3 Å². The van der Waals surface area contributed by atoms with Crippen molar-refractivity contribution in [1.82, 2.24) is 19.7 Å². The molecule has 12 heteroatoms. The summed E-state index contributed by atoms with van der Waals surface area (Å²) in [6.45, 7) is -0.193. The van der Waals surface area contributed by atoms with Gasteiger partial charge in [0.2, 0.25) is 10.0 Å². The maximum atomic E-state index is 13.6. The first-order chi connectivity index (χ1) is 16.2. The molecule has 0 aliphatic heterocycles. The molecular weight excluding hydrogens is 483 g/mol. The molecule has 2 aromatic heterocycles. The predicted octanol–water partition coefficient (Wildman–Crippen LogP) is 3.20. The first kappa shape index (κ1) is 23.5. The largest absolute Gasteiger partial charge is 0.505 e. The van der Waals surface area contributed by atoms with Gasteiger partial charge in [0.05, 0.1) is 18.4 Å².